The zero-order valence-corrected chi connectivity index (χ0v) is 10.8. The summed E-state index contributed by atoms with van der Waals surface area (Å²) in [7, 11) is 0. The molecule has 17 heavy (non-hydrogen) atoms. The van der Waals surface area contributed by atoms with E-state index in [1.807, 2.05) is 17.8 Å². The molecule has 0 bridgehead atoms. The Morgan fingerprint density at radius 1 is 1.29 bits per heavy atom. The van der Waals surface area contributed by atoms with Crippen LogP contribution in [0.1, 0.15) is 32.1 Å². The van der Waals surface area contributed by atoms with Crippen LogP contribution in [0.25, 0.3) is 0 Å². The molecule has 0 heterocycles. The van der Waals surface area contributed by atoms with Gasteiger partial charge >= 0.3 is 0 Å². The minimum absolute atomic E-state index is 0.538. The maximum absolute atomic E-state index is 8.85. The topological polar surface area (TPSA) is 32.6 Å². The van der Waals surface area contributed by atoms with Crippen LogP contribution in [0.5, 0.6) is 0 Å². The maximum atomic E-state index is 8.85. The van der Waals surface area contributed by atoms with E-state index in [9.17, 15) is 0 Å². The molecule has 0 amide bonds. The molecule has 1 aromatic rings. The zero-order chi connectivity index (χ0) is 11.9. The van der Waals surface area contributed by atoms with Crippen molar-refractivity contribution in [2.75, 3.05) is 5.75 Å². The van der Waals surface area contributed by atoms with Gasteiger partial charge < -0.3 is 5.21 Å². The standard InChI is InChI=1S/C14H19NOS/c16-15-14-10-4-6-12(14)7-5-11-17-13-8-2-1-3-9-13/h1-3,8-9,12,16H,4-7,10-11H2/b15-14+. The molecule has 0 radical (unpaired) electrons. The van der Waals surface area contributed by atoms with Gasteiger partial charge in [-0.1, -0.05) is 23.4 Å². The second-order valence-corrected chi connectivity index (χ2v) is 5.65. The summed E-state index contributed by atoms with van der Waals surface area (Å²) in [5.74, 6) is 1.69. The molecule has 1 unspecified atom stereocenters. The number of hydrogen-bond donors (Lipinski definition) is 1. The van der Waals surface area contributed by atoms with Crippen LogP contribution in [0.15, 0.2) is 40.4 Å². The second kappa shape index (κ2) is 6.70. The van der Waals surface area contributed by atoms with Crippen LogP contribution < -0.4 is 0 Å². The molecule has 0 aromatic heterocycles. The smallest absolute Gasteiger partial charge is 0.0601 e. The molecule has 1 aliphatic rings. The third kappa shape index (κ3) is 3.77. The van der Waals surface area contributed by atoms with Crippen molar-refractivity contribution >= 4 is 17.5 Å². The van der Waals surface area contributed by atoms with Crippen molar-refractivity contribution in [2.45, 2.75) is 37.0 Å². The van der Waals surface area contributed by atoms with Crippen molar-refractivity contribution < 1.29 is 5.21 Å². The summed E-state index contributed by atoms with van der Waals surface area (Å²) in [5, 5.41) is 12.3. The first-order chi connectivity index (χ1) is 8.40. The summed E-state index contributed by atoms with van der Waals surface area (Å²) in [6.07, 6.45) is 5.75. The molecule has 2 rings (SSSR count). The Labute approximate surface area is 107 Å². The Balaban J connectivity index is 1.67. The van der Waals surface area contributed by atoms with E-state index in [2.05, 4.69) is 29.4 Å². The van der Waals surface area contributed by atoms with Gasteiger partial charge in [0.25, 0.3) is 0 Å². The number of oxime groups is 1. The van der Waals surface area contributed by atoms with Gasteiger partial charge in [-0.15, -0.1) is 11.8 Å². The normalized spacial score (nSPS) is 22.1. The van der Waals surface area contributed by atoms with Gasteiger partial charge in [0.2, 0.25) is 0 Å². The molecule has 2 nitrogen and oxygen atoms in total. The third-order valence-electron chi connectivity index (χ3n) is 3.29. The van der Waals surface area contributed by atoms with Crippen LogP contribution in [0.3, 0.4) is 0 Å². The molecule has 0 saturated heterocycles. The summed E-state index contributed by atoms with van der Waals surface area (Å²) in [6.45, 7) is 0. The average Bonchev–Trinajstić information content (AvgIpc) is 2.83. The van der Waals surface area contributed by atoms with E-state index < -0.39 is 0 Å². The fourth-order valence-electron chi connectivity index (χ4n) is 2.38. The number of benzene rings is 1. The fraction of sp³-hybridized carbons (Fsp3) is 0.500. The van der Waals surface area contributed by atoms with Gasteiger partial charge in [-0.2, -0.15) is 0 Å². The van der Waals surface area contributed by atoms with Gasteiger partial charge in [0.1, 0.15) is 0 Å². The molecule has 1 aliphatic carbocycles. The van der Waals surface area contributed by atoms with E-state index in [1.54, 1.807) is 0 Å². The number of thioether (sulfide) groups is 1. The monoisotopic (exact) mass is 249 g/mol. The van der Waals surface area contributed by atoms with Crippen LogP contribution in [0.2, 0.25) is 0 Å². The summed E-state index contributed by atoms with van der Waals surface area (Å²) >= 11 is 1.91. The SMILES string of the molecule is O/N=C1\CCCC1CCCSc1ccccc1. The largest absolute Gasteiger partial charge is 0.411 e. The highest BCUT2D eigenvalue weighted by Gasteiger charge is 2.22. The molecule has 1 N–H and O–H groups in total. The second-order valence-electron chi connectivity index (χ2n) is 4.48. The van der Waals surface area contributed by atoms with E-state index in [-0.39, 0.29) is 0 Å². The maximum Gasteiger partial charge on any atom is 0.0601 e. The van der Waals surface area contributed by atoms with Gasteiger partial charge in [0.05, 0.1) is 5.71 Å². The van der Waals surface area contributed by atoms with Crippen molar-refractivity contribution in [3.05, 3.63) is 30.3 Å². The lowest BCUT2D eigenvalue weighted by Crippen LogP contribution is -2.07. The number of nitrogens with zero attached hydrogens (tertiary/aromatic N) is 1. The first-order valence-corrected chi connectivity index (χ1v) is 7.27. The van der Waals surface area contributed by atoms with Crippen LogP contribution in [0, 0.1) is 5.92 Å². The Bertz CT molecular complexity index is 364. The summed E-state index contributed by atoms with van der Waals surface area (Å²) in [4.78, 5) is 1.34. The lowest BCUT2D eigenvalue weighted by molar-refractivity contribution is 0.314. The molecular formula is C14H19NOS. The molecular weight excluding hydrogens is 230 g/mol. The molecule has 3 heteroatoms. The number of hydrogen-bond acceptors (Lipinski definition) is 3. The highest BCUT2D eigenvalue weighted by molar-refractivity contribution is 7.99. The van der Waals surface area contributed by atoms with E-state index in [1.165, 1.54) is 30.6 Å². The van der Waals surface area contributed by atoms with Crippen LogP contribution in [0.4, 0.5) is 0 Å². The highest BCUT2D eigenvalue weighted by atomic mass is 32.2. The fourth-order valence-corrected chi connectivity index (χ4v) is 3.28. The Kier molecular flexibility index (Phi) is 4.92. The molecule has 1 fully saturated rings. The molecule has 92 valence electrons. The van der Waals surface area contributed by atoms with Gasteiger partial charge in [0.15, 0.2) is 0 Å². The average molecular weight is 249 g/mol. The first kappa shape index (κ1) is 12.5. The van der Waals surface area contributed by atoms with Crippen LogP contribution in [-0.2, 0) is 0 Å². The first-order valence-electron chi connectivity index (χ1n) is 6.29. The lowest BCUT2D eigenvalue weighted by Gasteiger charge is -2.09. The summed E-state index contributed by atoms with van der Waals surface area (Å²) < 4.78 is 0. The van der Waals surface area contributed by atoms with Crippen molar-refractivity contribution in [2.24, 2.45) is 11.1 Å². The van der Waals surface area contributed by atoms with E-state index in [0.29, 0.717) is 5.92 Å². The molecule has 1 saturated carbocycles. The minimum atomic E-state index is 0.538. The Morgan fingerprint density at radius 2 is 2.12 bits per heavy atom. The van der Waals surface area contributed by atoms with E-state index >= 15 is 0 Å². The third-order valence-corrected chi connectivity index (χ3v) is 4.39. The highest BCUT2D eigenvalue weighted by Crippen LogP contribution is 2.28. The summed E-state index contributed by atoms with van der Waals surface area (Å²) in [5.41, 5.74) is 1.02. The molecule has 1 atom stereocenters. The molecule has 0 aliphatic heterocycles. The number of rotatable bonds is 5. The quantitative estimate of drug-likeness (QED) is 0.367. The predicted molar refractivity (Wildman–Crippen MR) is 73.0 cm³/mol. The van der Waals surface area contributed by atoms with Crippen LogP contribution >= 0.6 is 11.8 Å². The zero-order valence-electron chi connectivity index (χ0n) is 10.0. The summed E-state index contributed by atoms with van der Waals surface area (Å²) in [6, 6.07) is 10.5. The minimum Gasteiger partial charge on any atom is -0.411 e. The molecule has 1 aromatic carbocycles. The van der Waals surface area contributed by atoms with Crippen molar-refractivity contribution in [1.82, 2.24) is 0 Å². The van der Waals surface area contributed by atoms with Crippen molar-refractivity contribution in [3.8, 4) is 0 Å². The van der Waals surface area contributed by atoms with E-state index in [0.717, 1.165) is 17.9 Å². The van der Waals surface area contributed by atoms with E-state index in [4.69, 9.17) is 5.21 Å². The Hall–Kier alpha value is -0.960. The van der Waals surface area contributed by atoms with Gasteiger partial charge in [-0.25, -0.2) is 0 Å². The van der Waals surface area contributed by atoms with Gasteiger partial charge in [-0.05, 0) is 50.0 Å². The van der Waals surface area contributed by atoms with Crippen molar-refractivity contribution in [3.63, 3.8) is 0 Å². The van der Waals surface area contributed by atoms with Crippen LogP contribution in [-0.4, -0.2) is 16.7 Å². The van der Waals surface area contributed by atoms with Crippen molar-refractivity contribution in [1.29, 1.82) is 0 Å². The predicted octanol–water partition coefficient (Wildman–Crippen LogP) is 4.19. The van der Waals surface area contributed by atoms with Gasteiger partial charge in [0, 0.05) is 10.8 Å². The van der Waals surface area contributed by atoms with Gasteiger partial charge in [-0.3, -0.25) is 0 Å². The Morgan fingerprint density at radius 3 is 2.88 bits per heavy atom. The lowest BCUT2D eigenvalue weighted by atomic mass is 10.0. The molecule has 0 spiro atoms.